The molecule has 0 aliphatic carbocycles. The summed E-state index contributed by atoms with van der Waals surface area (Å²) in [4.78, 5) is 10.4. The van der Waals surface area contributed by atoms with Gasteiger partial charge in [0.1, 0.15) is 0 Å². The fourth-order valence-electron chi connectivity index (χ4n) is 1.95. The Hall–Kier alpha value is -1.78. The van der Waals surface area contributed by atoms with Crippen LogP contribution in [-0.2, 0) is 6.42 Å². The lowest BCUT2D eigenvalue weighted by atomic mass is 10.1. The van der Waals surface area contributed by atoms with Crippen LogP contribution < -0.4 is 10.1 Å². The number of benzene rings is 1. The van der Waals surface area contributed by atoms with Crippen molar-refractivity contribution in [2.75, 3.05) is 19.0 Å². The SMILES string of the molecule is COc1cc2c(cc1[N+](=O)[O-])NCCCC2. The van der Waals surface area contributed by atoms with Gasteiger partial charge in [0.05, 0.1) is 12.0 Å². The van der Waals surface area contributed by atoms with Gasteiger partial charge in [-0.05, 0) is 30.9 Å². The van der Waals surface area contributed by atoms with Gasteiger partial charge in [-0.25, -0.2) is 0 Å². The largest absolute Gasteiger partial charge is 0.490 e. The number of hydrogen-bond acceptors (Lipinski definition) is 4. The van der Waals surface area contributed by atoms with Crippen LogP contribution in [0.2, 0.25) is 0 Å². The number of anilines is 1. The lowest BCUT2D eigenvalue weighted by molar-refractivity contribution is -0.385. The number of nitrogens with one attached hydrogen (secondary N) is 1. The van der Waals surface area contributed by atoms with Gasteiger partial charge in [-0.15, -0.1) is 0 Å². The molecule has 0 unspecified atom stereocenters. The van der Waals surface area contributed by atoms with Crippen LogP contribution in [0.1, 0.15) is 18.4 Å². The molecule has 1 heterocycles. The number of ether oxygens (including phenoxy) is 1. The summed E-state index contributed by atoms with van der Waals surface area (Å²) in [6, 6.07) is 3.34. The zero-order chi connectivity index (χ0) is 11.5. The molecule has 0 radical (unpaired) electrons. The molecule has 0 saturated heterocycles. The Labute approximate surface area is 93.6 Å². The molecule has 5 nitrogen and oxygen atoms in total. The molecule has 1 aliphatic heterocycles. The van der Waals surface area contributed by atoms with E-state index in [9.17, 15) is 10.1 Å². The third-order valence-corrected chi connectivity index (χ3v) is 2.79. The van der Waals surface area contributed by atoms with Gasteiger partial charge in [-0.2, -0.15) is 0 Å². The Morgan fingerprint density at radius 1 is 1.44 bits per heavy atom. The van der Waals surface area contributed by atoms with E-state index in [2.05, 4.69) is 5.32 Å². The monoisotopic (exact) mass is 222 g/mol. The number of nitro groups is 1. The molecule has 0 amide bonds. The minimum Gasteiger partial charge on any atom is -0.490 e. The van der Waals surface area contributed by atoms with Crippen molar-refractivity contribution in [3.8, 4) is 5.75 Å². The smallest absolute Gasteiger partial charge is 0.312 e. The average molecular weight is 222 g/mol. The van der Waals surface area contributed by atoms with Crippen molar-refractivity contribution >= 4 is 11.4 Å². The maximum Gasteiger partial charge on any atom is 0.312 e. The maximum absolute atomic E-state index is 10.9. The van der Waals surface area contributed by atoms with Crippen LogP contribution in [0.25, 0.3) is 0 Å². The fraction of sp³-hybridized carbons (Fsp3) is 0.455. The normalized spacial score (nSPS) is 14.6. The molecular formula is C11H14N2O3. The number of nitrogens with zero attached hydrogens (tertiary/aromatic N) is 1. The summed E-state index contributed by atoms with van der Waals surface area (Å²) in [7, 11) is 1.46. The molecule has 5 heteroatoms. The Kier molecular flexibility index (Phi) is 2.94. The number of methoxy groups -OCH3 is 1. The van der Waals surface area contributed by atoms with Gasteiger partial charge < -0.3 is 10.1 Å². The quantitative estimate of drug-likeness (QED) is 0.616. The number of aryl methyl sites for hydroxylation is 1. The second kappa shape index (κ2) is 4.38. The minimum absolute atomic E-state index is 0.0237. The number of nitro benzene ring substituents is 1. The highest BCUT2D eigenvalue weighted by Crippen LogP contribution is 2.34. The van der Waals surface area contributed by atoms with Crippen molar-refractivity contribution in [3.63, 3.8) is 0 Å². The van der Waals surface area contributed by atoms with Crippen LogP contribution >= 0.6 is 0 Å². The van der Waals surface area contributed by atoms with E-state index in [0.29, 0.717) is 5.75 Å². The first-order valence-electron chi connectivity index (χ1n) is 5.31. The molecule has 0 spiro atoms. The van der Waals surface area contributed by atoms with E-state index in [1.165, 1.54) is 7.11 Å². The van der Waals surface area contributed by atoms with Gasteiger partial charge in [0.25, 0.3) is 0 Å². The van der Waals surface area contributed by atoms with Gasteiger partial charge in [-0.3, -0.25) is 10.1 Å². The van der Waals surface area contributed by atoms with Gasteiger partial charge in [0.15, 0.2) is 5.75 Å². The van der Waals surface area contributed by atoms with E-state index in [-0.39, 0.29) is 5.69 Å². The van der Waals surface area contributed by atoms with Crippen LogP contribution in [0.5, 0.6) is 5.75 Å². The highest BCUT2D eigenvalue weighted by atomic mass is 16.6. The topological polar surface area (TPSA) is 64.4 Å². The van der Waals surface area contributed by atoms with E-state index >= 15 is 0 Å². The molecule has 0 fully saturated rings. The Bertz CT molecular complexity index is 418. The second-order valence-electron chi connectivity index (χ2n) is 3.82. The molecule has 0 aromatic heterocycles. The average Bonchev–Trinajstić information content (AvgIpc) is 2.51. The van der Waals surface area contributed by atoms with Gasteiger partial charge >= 0.3 is 5.69 Å². The lowest BCUT2D eigenvalue weighted by Gasteiger charge is -2.09. The summed E-state index contributed by atoms with van der Waals surface area (Å²) in [5.41, 5.74) is 1.99. The number of rotatable bonds is 2. The van der Waals surface area contributed by atoms with Crippen molar-refractivity contribution < 1.29 is 9.66 Å². The molecule has 0 saturated carbocycles. The summed E-state index contributed by atoms with van der Waals surface area (Å²) in [5.74, 6) is 0.340. The van der Waals surface area contributed by atoms with Gasteiger partial charge in [0.2, 0.25) is 0 Å². The van der Waals surface area contributed by atoms with Gasteiger partial charge in [0, 0.05) is 18.3 Å². The fourth-order valence-corrected chi connectivity index (χ4v) is 1.95. The third-order valence-electron chi connectivity index (χ3n) is 2.79. The molecule has 0 bridgehead atoms. The minimum atomic E-state index is -0.411. The predicted octanol–water partition coefficient (Wildman–Crippen LogP) is 2.35. The molecule has 1 aromatic rings. The van der Waals surface area contributed by atoms with Crippen LogP contribution in [0.4, 0.5) is 11.4 Å². The molecule has 1 aromatic carbocycles. The predicted molar refractivity (Wildman–Crippen MR) is 61.1 cm³/mol. The van der Waals surface area contributed by atoms with E-state index in [0.717, 1.165) is 37.1 Å². The highest BCUT2D eigenvalue weighted by molar-refractivity contribution is 5.64. The highest BCUT2D eigenvalue weighted by Gasteiger charge is 2.19. The molecular weight excluding hydrogens is 208 g/mol. The first-order chi connectivity index (χ1) is 7.72. The lowest BCUT2D eigenvalue weighted by Crippen LogP contribution is -2.02. The molecule has 16 heavy (non-hydrogen) atoms. The van der Waals surface area contributed by atoms with E-state index in [4.69, 9.17) is 4.74 Å². The zero-order valence-electron chi connectivity index (χ0n) is 9.16. The standard InChI is InChI=1S/C11H14N2O3/c1-16-11-6-8-4-2-3-5-12-9(8)7-10(11)13(14)15/h6-7,12H,2-5H2,1H3. The molecule has 0 atom stereocenters. The first-order valence-corrected chi connectivity index (χ1v) is 5.31. The number of hydrogen-bond donors (Lipinski definition) is 1. The summed E-state index contributed by atoms with van der Waals surface area (Å²) >= 11 is 0. The summed E-state index contributed by atoms with van der Waals surface area (Å²) in [6.45, 7) is 0.872. The van der Waals surface area contributed by atoms with Crippen molar-refractivity contribution in [3.05, 3.63) is 27.8 Å². The number of fused-ring (bicyclic) bond motifs is 1. The zero-order valence-corrected chi connectivity index (χ0v) is 9.16. The van der Waals surface area contributed by atoms with Crippen molar-refractivity contribution in [1.82, 2.24) is 0 Å². The maximum atomic E-state index is 10.9. The molecule has 86 valence electrons. The van der Waals surface area contributed by atoms with E-state index < -0.39 is 4.92 Å². The molecule has 1 aliphatic rings. The van der Waals surface area contributed by atoms with Crippen LogP contribution in [0.15, 0.2) is 12.1 Å². The van der Waals surface area contributed by atoms with E-state index in [1.54, 1.807) is 12.1 Å². The van der Waals surface area contributed by atoms with Crippen molar-refractivity contribution in [1.29, 1.82) is 0 Å². The Morgan fingerprint density at radius 2 is 2.25 bits per heavy atom. The van der Waals surface area contributed by atoms with Crippen molar-refractivity contribution in [2.45, 2.75) is 19.3 Å². The Morgan fingerprint density at radius 3 is 2.94 bits per heavy atom. The van der Waals surface area contributed by atoms with Crippen LogP contribution in [-0.4, -0.2) is 18.6 Å². The molecule has 2 rings (SSSR count). The van der Waals surface area contributed by atoms with Gasteiger partial charge in [-0.1, -0.05) is 0 Å². The van der Waals surface area contributed by atoms with Crippen LogP contribution in [0, 0.1) is 10.1 Å². The van der Waals surface area contributed by atoms with Crippen molar-refractivity contribution in [2.24, 2.45) is 0 Å². The second-order valence-corrected chi connectivity index (χ2v) is 3.82. The first kappa shape index (κ1) is 10.7. The molecule has 1 N–H and O–H groups in total. The summed E-state index contributed by atoms with van der Waals surface area (Å²) in [6.07, 6.45) is 3.13. The third kappa shape index (κ3) is 1.93. The van der Waals surface area contributed by atoms with Crippen LogP contribution in [0.3, 0.4) is 0 Å². The summed E-state index contributed by atoms with van der Waals surface area (Å²) in [5, 5.41) is 14.1. The summed E-state index contributed by atoms with van der Waals surface area (Å²) < 4.78 is 5.04. The Balaban J connectivity index is 2.48. The van der Waals surface area contributed by atoms with E-state index in [1.807, 2.05) is 0 Å².